The van der Waals surface area contributed by atoms with Crippen LogP contribution in [-0.4, -0.2) is 23.1 Å². The second kappa shape index (κ2) is 8.65. The molecule has 0 fully saturated rings. The maximum atomic E-state index is 11.9. The monoisotopic (exact) mass is 327 g/mol. The van der Waals surface area contributed by atoms with E-state index in [0.717, 1.165) is 11.1 Å². The van der Waals surface area contributed by atoms with E-state index in [1.807, 2.05) is 36.4 Å². The first kappa shape index (κ1) is 16.6. The molecule has 0 aliphatic rings. The molecule has 0 saturated heterocycles. The molecule has 0 atom stereocenters. The first-order valence-electron chi connectivity index (χ1n) is 6.98. The average molecular weight is 327 g/mol. The molecule has 0 spiro atoms. The van der Waals surface area contributed by atoms with E-state index in [0.29, 0.717) is 12.3 Å². The van der Waals surface area contributed by atoms with Gasteiger partial charge in [-0.05, 0) is 36.0 Å². The van der Waals surface area contributed by atoms with Crippen molar-refractivity contribution in [3.63, 3.8) is 0 Å². The number of pyridine rings is 1. The lowest BCUT2D eigenvalue weighted by Crippen LogP contribution is -2.37. The highest BCUT2D eigenvalue weighted by Gasteiger charge is 2.02. The molecule has 1 aromatic heterocycles. The molecular formula is C17H17N3O2S. The van der Waals surface area contributed by atoms with Gasteiger partial charge in [0.25, 0.3) is 0 Å². The second-order valence-corrected chi connectivity index (χ2v) is 5.02. The summed E-state index contributed by atoms with van der Waals surface area (Å²) in [5.41, 5.74) is 1.80. The molecule has 0 aliphatic heterocycles. The summed E-state index contributed by atoms with van der Waals surface area (Å²) in [6, 6.07) is 11.2. The fourth-order valence-electron chi connectivity index (χ4n) is 1.85. The number of para-hydroxylation sites is 1. The Morgan fingerprint density at radius 1 is 1.30 bits per heavy atom. The molecule has 2 rings (SSSR count). The van der Waals surface area contributed by atoms with Crippen molar-refractivity contribution >= 4 is 29.3 Å². The maximum Gasteiger partial charge on any atom is 0.250 e. The van der Waals surface area contributed by atoms with Crippen molar-refractivity contribution in [3.8, 4) is 5.75 Å². The third-order valence-corrected chi connectivity index (χ3v) is 3.21. The fraction of sp³-hybridized carbons (Fsp3) is 0.118. The van der Waals surface area contributed by atoms with Gasteiger partial charge in [0.15, 0.2) is 5.11 Å². The number of benzene rings is 1. The summed E-state index contributed by atoms with van der Waals surface area (Å²) in [5, 5.41) is 5.81. The van der Waals surface area contributed by atoms with E-state index in [9.17, 15) is 4.79 Å². The number of nitrogens with one attached hydrogen (secondary N) is 2. The smallest absolute Gasteiger partial charge is 0.250 e. The standard InChI is InChI=1S/C17H17N3O2S/c1-22-15-7-3-2-6-14(15)8-9-16(21)20-17(23)19-12-13-5-4-10-18-11-13/h2-11H,12H2,1H3,(H2,19,20,21,23)/b9-8+. The SMILES string of the molecule is COc1ccccc1/C=C/C(=O)NC(=S)NCc1cccnc1. The summed E-state index contributed by atoms with van der Waals surface area (Å²) < 4.78 is 5.22. The number of thiocarbonyl (C=S) groups is 1. The van der Waals surface area contributed by atoms with Crippen LogP contribution in [0.15, 0.2) is 54.9 Å². The van der Waals surface area contributed by atoms with Crippen molar-refractivity contribution in [2.24, 2.45) is 0 Å². The number of nitrogens with zero attached hydrogens (tertiary/aromatic N) is 1. The van der Waals surface area contributed by atoms with Gasteiger partial charge < -0.3 is 10.1 Å². The predicted molar refractivity (Wildman–Crippen MR) is 93.8 cm³/mol. The van der Waals surface area contributed by atoms with Gasteiger partial charge in [-0.3, -0.25) is 15.1 Å². The van der Waals surface area contributed by atoms with Gasteiger partial charge in [-0.2, -0.15) is 0 Å². The first-order valence-corrected chi connectivity index (χ1v) is 7.38. The summed E-state index contributed by atoms with van der Waals surface area (Å²) in [4.78, 5) is 15.9. The summed E-state index contributed by atoms with van der Waals surface area (Å²) in [6.07, 6.45) is 6.53. The maximum absolute atomic E-state index is 11.9. The molecule has 0 aliphatic carbocycles. The van der Waals surface area contributed by atoms with Gasteiger partial charge in [0.1, 0.15) is 5.75 Å². The third kappa shape index (κ3) is 5.52. The Labute approximate surface area is 140 Å². The summed E-state index contributed by atoms with van der Waals surface area (Å²) in [7, 11) is 1.59. The number of hydrogen-bond acceptors (Lipinski definition) is 4. The number of amides is 1. The fourth-order valence-corrected chi connectivity index (χ4v) is 2.03. The van der Waals surface area contributed by atoms with Gasteiger partial charge in [0.05, 0.1) is 7.11 Å². The minimum absolute atomic E-state index is 0.267. The van der Waals surface area contributed by atoms with Crippen LogP contribution in [0.1, 0.15) is 11.1 Å². The highest BCUT2D eigenvalue weighted by atomic mass is 32.1. The third-order valence-electron chi connectivity index (χ3n) is 2.97. The molecule has 23 heavy (non-hydrogen) atoms. The van der Waals surface area contributed by atoms with E-state index in [1.54, 1.807) is 25.6 Å². The van der Waals surface area contributed by atoms with Crippen molar-refractivity contribution in [1.82, 2.24) is 15.6 Å². The lowest BCUT2D eigenvalue weighted by molar-refractivity contribution is -0.115. The highest BCUT2D eigenvalue weighted by Crippen LogP contribution is 2.18. The molecule has 2 N–H and O–H groups in total. The van der Waals surface area contributed by atoms with E-state index in [-0.39, 0.29) is 11.0 Å². The van der Waals surface area contributed by atoms with E-state index in [1.165, 1.54) is 6.08 Å². The minimum atomic E-state index is -0.306. The van der Waals surface area contributed by atoms with Crippen molar-refractivity contribution in [2.45, 2.75) is 6.54 Å². The summed E-state index contributed by atoms with van der Waals surface area (Å²) in [5.74, 6) is 0.397. The molecule has 0 unspecified atom stereocenters. The van der Waals surface area contributed by atoms with Crippen LogP contribution < -0.4 is 15.4 Å². The van der Waals surface area contributed by atoms with Crippen LogP contribution in [0.5, 0.6) is 5.75 Å². The number of hydrogen-bond donors (Lipinski definition) is 2. The van der Waals surface area contributed by atoms with Crippen molar-refractivity contribution in [1.29, 1.82) is 0 Å². The number of carbonyl (C=O) groups excluding carboxylic acids is 1. The molecule has 0 bridgehead atoms. The quantitative estimate of drug-likeness (QED) is 0.652. The van der Waals surface area contributed by atoms with Crippen molar-refractivity contribution in [2.75, 3.05) is 7.11 Å². The number of methoxy groups -OCH3 is 1. The second-order valence-electron chi connectivity index (χ2n) is 4.61. The molecule has 6 heteroatoms. The average Bonchev–Trinajstić information content (AvgIpc) is 2.59. The van der Waals surface area contributed by atoms with Crippen LogP contribution >= 0.6 is 12.2 Å². The summed E-state index contributed by atoms with van der Waals surface area (Å²) >= 11 is 5.09. The molecule has 0 saturated carbocycles. The lowest BCUT2D eigenvalue weighted by atomic mass is 10.2. The molecule has 2 aromatic rings. The van der Waals surface area contributed by atoms with E-state index in [4.69, 9.17) is 17.0 Å². The Bertz CT molecular complexity index is 702. The van der Waals surface area contributed by atoms with Crippen LogP contribution in [0.25, 0.3) is 6.08 Å². The van der Waals surface area contributed by atoms with Crippen molar-refractivity contribution in [3.05, 3.63) is 66.0 Å². The Morgan fingerprint density at radius 2 is 2.13 bits per heavy atom. The van der Waals surface area contributed by atoms with E-state index < -0.39 is 0 Å². The predicted octanol–water partition coefficient (Wildman–Crippen LogP) is 2.29. The zero-order valence-corrected chi connectivity index (χ0v) is 13.5. The Hall–Kier alpha value is -2.73. The van der Waals surface area contributed by atoms with Crippen molar-refractivity contribution < 1.29 is 9.53 Å². The molecular weight excluding hydrogens is 310 g/mol. The largest absolute Gasteiger partial charge is 0.496 e. The van der Waals surface area contributed by atoms with E-state index >= 15 is 0 Å². The molecule has 1 heterocycles. The van der Waals surface area contributed by atoms with Crippen LogP contribution in [0.3, 0.4) is 0 Å². The minimum Gasteiger partial charge on any atom is -0.496 e. The topological polar surface area (TPSA) is 63.2 Å². The zero-order valence-electron chi connectivity index (χ0n) is 12.7. The van der Waals surface area contributed by atoms with Gasteiger partial charge >= 0.3 is 0 Å². The Morgan fingerprint density at radius 3 is 2.87 bits per heavy atom. The summed E-state index contributed by atoms with van der Waals surface area (Å²) in [6.45, 7) is 0.503. The number of ether oxygens (including phenoxy) is 1. The van der Waals surface area contributed by atoms with Gasteiger partial charge in [-0.15, -0.1) is 0 Å². The van der Waals surface area contributed by atoms with Gasteiger partial charge in [0.2, 0.25) is 5.91 Å². The van der Waals surface area contributed by atoms with Gasteiger partial charge in [-0.25, -0.2) is 0 Å². The highest BCUT2D eigenvalue weighted by molar-refractivity contribution is 7.80. The number of aromatic nitrogens is 1. The number of rotatable bonds is 5. The molecule has 0 radical (unpaired) electrons. The van der Waals surface area contributed by atoms with Crippen LogP contribution in [0.4, 0.5) is 0 Å². The van der Waals surface area contributed by atoms with E-state index in [2.05, 4.69) is 15.6 Å². The molecule has 118 valence electrons. The molecule has 1 amide bonds. The molecule has 1 aromatic carbocycles. The van der Waals surface area contributed by atoms with Crippen LogP contribution in [-0.2, 0) is 11.3 Å². The Balaban J connectivity index is 1.84. The van der Waals surface area contributed by atoms with Crippen LogP contribution in [0.2, 0.25) is 0 Å². The Kier molecular flexibility index (Phi) is 6.26. The van der Waals surface area contributed by atoms with Gasteiger partial charge in [0, 0.05) is 30.6 Å². The normalized spacial score (nSPS) is 10.3. The first-order chi connectivity index (χ1) is 11.2. The lowest BCUT2D eigenvalue weighted by Gasteiger charge is -2.08. The van der Waals surface area contributed by atoms with Crippen LogP contribution in [0, 0.1) is 0 Å². The zero-order chi connectivity index (χ0) is 16.5. The van der Waals surface area contributed by atoms with Gasteiger partial charge in [-0.1, -0.05) is 24.3 Å². The molecule has 5 nitrogen and oxygen atoms in total. The number of carbonyl (C=O) groups is 1.